The van der Waals surface area contributed by atoms with Crippen LogP contribution in [0.3, 0.4) is 0 Å². The summed E-state index contributed by atoms with van der Waals surface area (Å²) in [6, 6.07) is 0.683. The van der Waals surface area contributed by atoms with Gasteiger partial charge < -0.3 is 5.32 Å². The van der Waals surface area contributed by atoms with Crippen molar-refractivity contribution < 1.29 is 0 Å². The van der Waals surface area contributed by atoms with Crippen molar-refractivity contribution >= 4 is 0 Å². The molecule has 0 bridgehead atoms. The quantitative estimate of drug-likeness (QED) is 0.601. The van der Waals surface area contributed by atoms with Crippen LogP contribution in [0.4, 0.5) is 0 Å². The molecule has 0 saturated carbocycles. The first kappa shape index (κ1) is 14.9. The third-order valence-electron chi connectivity index (χ3n) is 2.91. The molecule has 0 amide bonds. The third kappa shape index (κ3) is 7.80. The second kappa shape index (κ2) is 10.4. The minimum atomic E-state index is 0.683. The van der Waals surface area contributed by atoms with Crippen molar-refractivity contribution in [1.82, 2.24) is 10.2 Å². The highest BCUT2D eigenvalue weighted by Crippen LogP contribution is 2.04. The molecule has 0 aromatic rings. The number of rotatable bonds is 10. The van der Waals surface area contributed by atoms with E-state index in [1.54, 1.807) is 0 Å². The molecular formula is C13H30N2. The standard InChI is InChI=1S/C13H30N2/c1-5-8-10-15(11-9-6-2)13(4)12-14-7-3/h13-14H,5-12H2,1-4H3. The highest BCUT2D eigenvalue weighted by molar-refractivity contribution is 4.69. The Balaban J connectivity index is 3.84. The first-order chi connectivity index (χ1) is 7.26. The molecule has 0 aromatic carbocycles. The summed E-state index contributed by atoms with van der Waals surface area (Å²) in [4.78, 5) is 2.63. The minimum absolute atomic E-state index is 0.683. The molecule has 0 aromatic heterocycles. The molecule has 1 unspecified atom stereocenters. The van der Waals surface area contributed by atoms with Gasteiger partial charge in [0.05, 0.1) is 0 Å². The Morgan fingerprint density at radius 3 is 1.93 bits per heavy atom. The van der Waals surface area contributed by atoms with Crippen molar-refractivity contribution in [2.45, 2.75) is 59.4 Å². The molecule has 0 aliphatic carbocycles. The summed E-state index contributed by atoms with van der Waals surface area (Å²) in [5.74, 6) is 0. The third-order valence-corrected chi connectivity index (χ3v) is 2.91. The van der Waals surface area contributed by atoms with Gasteiger partial charge in [-0.2, -0.15) is 0 Å². The average molecular weight is 214 g/mol. The minimum Gasteiger partial charge on any atom is -0.315 e. The fraction of sp³-hybridized carbons (Fsp3) is 1.00. The first-order valence-corrected chi connectivity index (χ1v) is 6.70. The maximum atomic E-state index is 3.44. The van der Waals surface area contributed by atoms with Gasteiger partial charge in [0.2, 0.25) is 0 Å². The van der Waals surface area contributed by atoms with Crippen LogP contribution in [-0.4, -0.2) is 37.1 Å². The fourth-order valence-corrected chi connectivity index (χ4v) is 1.76. The molecule has 0 spiro atoms. The van der Waals surface area contributed by atoms with Gasteiger partial charge >= 0.3 is 0 Å². The van der Waals surface area contributed by atoms with Crippen molar-refractivity contribution in [3.63, 3.8) is 0 Å². The van der Waals surface area contributed by atoms with Crippen LogP contribution in [0.15, 0.2) is 0 Å². The Kier molecular flexibility index (Phi) is 10.4. The number of hydrogen-bond donors (Lipinski definition) is 1. The Labute approximate surface area is 96.4 Å². The molecule has 0 saturated heterocycles. The van der Waals surface area contributed by atoms with E-state index in [1.807, 2.05) is 0 Å². The van der Waals surface area contributed by atoms with Crippen LogP contribution < -0.4 is 5.32 Å². The number of unbranched alkanes of at least 4 members (excludes halogenated alkanes) is 2. The predicted molar refractivity (Wildman–Crippen MR) is 69.4 cm³/mol. The van der Waals surface area contributed by atoms with E-state index in [0.29, 0.717) is 6.04 Å². The second-order valence-electron chi connectivity index (χ2n) is 4.40. The number of nitrogens with zero attached hydrogens (tertiary/aromatic N) is 1. The summed E-state index contributed by atoms with van der Waals surface area (Å²) in [7, 11) is 0. The molecule has 1 N–H and O–H groups in total. The van der Waals surface area contributed by atoms with E-state index in [2.05, 4.69) is 37.9 Å². The van der Waals surface area contributed by atoms with Crippen LogP contribution >= 0.6 is 0 Å². The highest BCUT2D eigenvalue weighted by Gasteiger charge is 2.11. The monoisotopic (exact) mass is 214 g/mol. The smallest absolute Gasteiger partial charge is 0.0192 e. The zero-order valence-electron chi connectivity index (χ0n) is 11.2. The van der Waals surface area contributed by atoms with Gasteiger partial charge in [0.25, 0.3) is 0 Å². The molecule has 0 heterocycles. The van der Waals surface area contributed by atoms with Gasteiger partial charge in [-0.05, 0) is 39.4 Å². The van der Waals surface area contributed by atoms with Gasteiger partial charge in [0.15, 0.2) is 0 Å². The highest BCUT2D eigenvalue weighted by atomic mass is 15.2. The molecule has 1 atom stereocenters. The summed E-state index contributed by atoms with van der Waals surface area (Å²) in [6.45, 7) is 13.8. The normalized spacial score (nSPS) is 13.4. The van der Waals surface area contributed by atoms with E-state index in [1.165, 1.54) is 38.8 Å². The Bertz CT molecular complexity index is 118. The number of nitrogens with one attached hydrogen (secondary N) is 1. The maximum Gasteiger partial charge on any atom is 0.0192 e. The largest absolute Gasteiger partial charge is 0.315 e. The molecule has 0 aliphatic rings. The van der Waals surface area contributed by atoms with Crippen molar-refractivity contribution in [3.05, 3.63) is 0 Å². The van der Waals surface area contributed by atoms with Crippen molar-refractivity contribution in [1.29, 1.82) is 0 Å². The first-order valence-electron chi connectivity index (χ1n) is 6.70. The van der Waals surface area contributed by atoms with Crippen LogP contribution in [0.5, 0.6) is 0 Å². The van der Waals surface area contributed by atoms with Gasteiger partial charge in [-0.25, -0.2) is 0 Å². The van der Waals surface area contributed by atoms with E-state index in [-0.39, 0.29) is 0 Å². The van der Waals surface area contributed by atoms with Gasteiger partial charge in [-0.15, -0.1) is 0 Å². The van der Waals surface area contributed by atoms with Gasteiger partial charge in [0.1, 0.15) is 0 Å². The van der Waals surface area contributed by atoms with Crippen molar-refractivity contribution in [2.75, 3.05) is 26.2 Å². The molecular weight excluding hydrogens is 184 g/mol. The lowest BCUT2D eigenvalue weighted by Crippen LogP contribution is -2.41. The summed E-state index contributed by atoms with van der Waals surface area (Å²) < 4.78 is 0. The van der Waals surface area contributed by atoms with Crippen molar-refractivity contribution in [3.8, 4) is 0 Å². The van der Waals surface area contributed by atoms with E-state index in [0.717, 1.165) is 13.1 Å². The molecule has 2 heteroatoms. The van der Waals surface area contributed by atoms with Crippen LogP contribution in [-0.2, 0) is 0 Å². The van der Waals surface area contributed by atoms with Gasteiger partial charge in [0, 0.05) is 12.6 Å². The number of likely N-dealkylation sites (N-methyl/N-ethyl adjacent to an activating group) is 1. The maximum absolute atomic E-state index is 3.44. The Hall–Kier alpha value is -0.0800. The lowest BCUT2D eigenvalue weighted by atomic mass is 10.2. The molecule has 0 aliphatic heterocycles. The zero-order chi connectivity index (χ0) is 11.5. The molecule has 0 fully saturated rings. The van der Waals surface area contributed by atoms with Crippen molar-refractivity contribution in [2.24, 2.45) is 0 Å². The van der Waals surface area contributed by atoms with Crippen LogP contribution in [0.1, 0.15) is 53.4 Å². The van der Waals surface area contributed by atoms with Crippen LogP contribution in [0.2, 0.25) is 0 Å². The Morgan fingerprint density at radius 2 is 1.53 bits per heavy atom. The fourth-order valence-electron chi connectivity index (χ4n) is 1.76. The van der Waals surface area contributed by atoms with E-state index in [4.69, 9.17) is 0 Å². The number of hydrogen-bond acceptors (Lipinski definition) is 2. The zero-order valence-corrected chi connectivity index (χ0v) is 11.2. The molecule has 0 radical (unpaired) electrons. The van der Waals surface area contributed by atoms with Crippen LogP contribution in [0.25, 0.3) is 0 Å². The lowest BCUT2D eigenvalue weighted by molar-refractivity contribution is 0.199. The summed E-state index contributed by atoms with van der Waals surface area (Å²) in [6.07, 6.45) is 5.27. The second-order valence-corrected chi connectivity index (χ2v) is 4.40. The molecule has 2 nitrogen and oxygen atoms in total. The lowest BCUT2D eigenvalue weighted by Gasteiger charge is -2.29. The van der Waals surface area contributed by atoms with Gasteiger partial charge in [-0.3, -0.25) is 4.90 Å². The molecule has 0 rings (SSSR count). The average Bonchev–Trinajstić information content (AvgIpc) is 2.26. The SMILES string of the molecule is CCCCN(CCCC)C(C)CNCC. The summed E-state index contributed by atoms with van der Waals surface area (Å²) >= 11 is 0. The van der Waals surface area contributed by atoms with E-state index < -0.39 is 0 Å². The van der Waals surface area contributed by atoms with E-state index >= 15 is 0 Å². The topological polar surface area (TPSA) is 15.3 Å². The molecule has 92 valence electrons. The summed E-state index contributed by atoms with van der Waals surface area (Å²) in [5, 5.41) is 3.44. The summed E-state index contributed by atoms with van der Waals surface area (Å²) in [5.41, 5.74) is 0. The van der Waals surface area contributed by atoms with Gasteiger partial charge in [-0.1, -0.05) is 33.6 Å². The van der Waals surface area contributed by atoms with E-state index in [9.17, 15) is 0 Å². The molecule has 15 heavy (non-hydrogen) atoms. The Morgan fingerprint density at radius 1 is 1.00 bits per heavy atom. The predicted octanol–water partition coefficient (Wildman–Crippen LogP) is 2.89. The van der Waals surface area contributed by atoms with Crippen LogP contribution in [0, 0.1) is 0 Å².